The molecular weight excluding hydrogens is 262 g/mol. The van der Waals surface area contributed by atoms with Gasteiger partial charge in [0.05, 0.1) is 3.79 Å². The molecule has 0 aliphatic heterocycles. The van der Waals surface area contributed by atoms with Crippen molar-refractivity contribution in [3.63, 3.8) is 0 Å². The Morgan fingerprint density at radius 1 is 1.64 bits per heavy atom. The number of nitrogens with two attached hydrogens (primary N) is 1. The number of halogens is 1. The maximum Gasteiger partial charge on any atom is 0.0731 e. The summed E-state index contributed by atoms with van der Waals surface area (Å²) < 4.78 is 6.19. The molecule has 1 heterocycles. The summed E-state index contributed by atoms with van der Waals surface area (Å²) in [6, 6.07) is 2.31. The van der Waals surface area contributed by atoms with Crippen molar-refractivity contribution in [2.45, 2.75) is 25.8 Å². The second kappa shape index (κ2) is 5.85. The molecule has 14 heavy (non-hydrogen) atoms. The number of thiophene rings is 1. The van der Waals surface area contributed by atoms with Gasteiger partial charge in [0.1, 0.15) is 0 Å². The van der Waals surface area contributed by atoms with Crippen LogP contribution in [0.2, 0.25) is 0 Å². The molecule has 2 N–H and O–H groups in total. The Hall–Kier alpha value is 0.1000. The van der Waals surface area contributed by atoms with E-state index in [0.717, 1.165) is 19.4 Å². The van der Waals surface area contributed by atoms with Gasteiger partial charge < -0.3 is 10.5 Å². The van der Waals surface area contributed by atoms with Crippen molar-refractivity contribution in [2.75, 3.05) is 13.7 Å². The third kappa shape index (κ3) is 3.35. The smallest absolute Gasteiger partial charge is 0.0731 e. The van der Waals surface area contributed by atoms with Gasteiger partial charge in [-0.05, 0) is 47.3 Å². The van der Waals surface area contributed by atoms with Crippen LogP contribution < -0.4 is 5.73 Å². The number of hydrogen-bond acceptors (Lipinski definition) is 3. The molecule has 0 radical (unpaired) electrons. The molecule has 0 spiro atoms. The average molecular weight is 278 g/mol. The fourth-order valence-electron chi connectivity index (χ4n) is 1.26. The topological polar surface area (TPSA) is 35.2 Å². The molecular formula is C10H16BrNOS. The van der Waals surface area contributed by atoms with E-state index >= 15 is 0 Å². The van der Waals surface area contributed by atoms with Crippen LogP contribution in [0, 0.1) is 6.92 Å². The molecule has 1 atom stereocenters. The molecule has 1 aromatic heterocycles. The summed E-state index contributed by atoms with van der Waals surface area (Å²) in [6.07, 6.45) is 2.01. The highest BCUT2D eigenvalue weighted by molar-refractivity contribution is 9.11. The third-order valence-corrected chi connectivity index (χ3v) is 4.37. The normalized spacial score (nSPS) is 13.1. The van der Waals surface area contributed by atoms with E-state index in [-0.39, 0.29) is 6.04 Å². The lowest BCUT2D eigenvalue weighted by atomic mass is 10.1. The lowest BCUT2D eigenvalue weighted by molar-refractivity contribution is 0.190. The van der Waals surface area contributed by atoms with Crippen LogP contribution in [0.1, 0.15) is 29.3 Å². The minimum atomic E-state index is 0.153. The Balaban J connectivity index is 2.47. The van der Waals surface area contributed by atoms with E-state index in [0.29, 0.717) is 0 Å². The van der Waals surface area contributed by atoms with Crippen LogP contribution in [0.3, 0.4) is 0 Å². The average Bonchev–Trinajstić information content (AvgIpc) is 2.47. The van der Waals surface area contributed by atoms with E-state index in [4.69, 9.17) is 10.5 Å². The molecule has 1 rings (SSSR count). The van der Waals surface area contributed by atoms with Crippen LogP contribution in [0.15, 0.2) is 9.85 Å². The maximum absolute atomic E-state index is 6.05. The number of methoxy groups -OCH3 is 1. The summed E-state index contributed by atoms with van der Waals surface area (Å²) in [7, 11) is 1.72. The molecule has 0 amide bonds. The molecule has 80 valence electrons. The van der Waals surface area contributed by atoms with E-state index in [1.54, 1.807) is 18.4 Å². The fraction of sp³-hybridized carbons (Fsp3) is 0.600. The maximum atomic E-state index is 6.05. The van der Waals surface area contributed by atoms with E-state index in [1.807, 2.05) is 0 Å². The minimum Gasteiger partial charge on any atom is -0.385 e. The first-order valence-corrected chi connectivity index (χ1v) is 6.26. The molecule has 1 unspecified atom stereocenters. The molecule has 1 aromatic rings. The predicted octanol–water partition coefficient (Wildman–Crippen LogP) is 3.25. The fourth-order valence-corrected chi connectivity index (χ4v) is 2.86. The molecule has 0 fully saturated rings. The summed E-state index contributed by atoms with van der Waals surface area (Å²) in [5, 5.41) is 0. The summed E-state index contributed by atoms with van der Waals surface area (Å²) in [4.78, 5) is 1.26. The summed E-state index contributed by atoms with van der Waals surface area (Å²) in [5.74, 6) is 0. The zero-order valence-electron chi connectivity index (χ0n) is 8.55. The molecule has 0 aliphatic carbocycles. The van der Waals surface area contributed by atoms with Crippen molar-refractivity contribution >= 4 is 27.3 Å². The van der Waals surface area contributed by atoms with Gasteiger partial charge in [0.25, 0.3) is 0 Å². The van der Waals surface area contributed by atoms with Crippen LogP contribution in [-0.4, -0.2) is 13.7 Å². The number of rotatable bonds is 5. The van der Waals surface area contributed by atoms with E-state index < -0.39 is 0 Å². The van der Waals surface area contributed by atoms with Crippen molar-refractivity contribution in [2.24, 2.45) is 5.73 Å². The molecule has 0 bridgehead atoms. The van der Waals surface area contributed by atoms with Crippen molar-refractivity contribution in [3.05, 3.63) is 20.3 Å². The van der Waals surface area contributed by atoms with Gasteiger partial charge in [-0.1, -0.05) is 0 Å². The SMILES string of the molecule is COCCCC(N)c1cc(C)c(Br)s1. The van der Waals surface area contributed by atoms with E-state index in [1.165, 1.54) is 14.2 Å². The van der Waals surface area contributed by atoms with Crippen LogP contribution in [-0.2, 0) is 4.74 Å². The predicted molar refractivity (Wildman–Crippen MR) is 64.8 cm³/mol. The van der Waals surface area contributed by atoms with E-state index in [9.17, 15) is 0 Å². The van der Waals surface area contributed by atoms with Crippen LogP contribution in [0.4, 0.5) is 0 Å². The number of ether oxygens (including phenoxy) is 1. The highest BCUT2D eigenvalue weighted by Crippen LogP contribution is 2.31. The van der Waals surface area contributed by atoms with Crippen molar-refractivity contribution in [3.8, 4) is 0 Å². The standard InChI is InChI=1S/C10H16BrNOS/c1-7-6-9(14-10(7)11)8(12)4-3-5-13-2/h6,8H,3-5,12H2,1-2H3. The van der Waals surface area contributed by atoms with Crippen LogP contribution in [0.5, 0.6) is 0 Å². The minimum absolute atomic E-state index is 0.153. The Bertz CT molecular complexity index is 268. The Morgan fingerprint density at radius 3 is 2.86 bits per heavy atom. The largest absolute Gasteiger partial charge is 0.385 e. The van der Waals surface area contributed by atoms with Crippen molar-refractivity contribution < 1.29 is 4.74 Å². The van der Waals surface area contributed by atoms with Crippen LogP contribution >= 0.6 is 27.3 Å². The van der Waals surface area contributed by atoms with Gasteiger partial charge in [0.2, 0.25) is 0 Å². The third-order valence-electron chi connectivity index (χ3n) is 2.11. The van der Waals surface area contributed by atoms with E-state index in [2.05, 4.69) is 28.9 Å². The summed E-state index contributed by atoms with van der Waals surface area (Å²) in [6.45, 7) is 2.88. The Morgan fingerprint density at radius 2 is 2.36 bits per heavy atom. The lowest BCUT2D eigenvalue weighted by Crippen LogP contribution is -2.09. The monoisotopic (exact) mass is 277 g/mol. The summed E-state index contributed by atoms with van der Waals surface area (Å²) in [5.41, 5.74) is 7.32. The zero-order valence-corrected chi connectivity index (χ0v) is 11.0. The van der Waals surface area contributed by atoms with Gasteiger partial charge in [-0.3, -0.25) is 0 Å². The zero-order chi connectivity index (χ0) is 10.6. The van der Waals surface area contributed by atoms with Gasteiger partial charge in [-0.15, -0.1) is 11.3 Å². The van der Waals surface area contributed by atoms with Crippen molar-refractivity contribution in [1.82, 2.24) is 0 Å². The molecule has 0 saturated carbocycles. The quantitative estimate of drug-likeness (QED) is 0.839. The first-order valence-electron chi connectivity index (χ1n) is 4.65. The van der Waals surface area contributed by atoms with Gasteiger partial charge >= 0.3 is 0 Å². The molecule has 2 nitrogen and oxygen atoms in total. The van der Waals surface area contributed by atoms with Gasteiger partial charge in [-0.2, -0.15) is 0 Å². The first kappa shape index (κ1) is 12.2. The van der Waals surface area contributed by atoms with Crippen LogP contribution in [0.25, 0.3) is 0 Å². The second-order valence-corrected chi connectivity index (χ2v) is 5.75. The lowest BCUT2D eigenvalue weighted by Gasteiger charge is -2.08. The Kier molecular flexibility index (Phi) is 5.09. The van der Waals surface area contributed by atoms with Gasteiger partial charge in [0.15, 0.2) is 0 Å². The number of aryl methyl sites for hydroxylation is 1. The molecule has 4 heteroatoms. The highest BCUT2D eigenvalue weighted by Gasteiger charge is 2.10. The first-order chi connectivity index (χ1) is 6.65. The Labute approximate surface area is 97.6 Å². The van der Waals surface area contributed by atoms with Gasteiger partial charge in [-0.25, -0.2) is 0 Å². The molecule has 0 aromatic carbocycles. The summed E-state index contributed by atoms with van der Waals surface area (Å²) >= 11 is 5.24. The molecule has 0 saturated heterocycles. The van der Waals surface area contributed by atoms with Gasteiger partial charge in [0, 0.05) is 24.6 Å². The molecule has 0 aliphatic rings. The highest BCUT2D eigenvalue weighted by atomic mass is 79.9. The number of hydrogen-bond donors (Lipinski definition) is 1. The van der Waals surface area contributed by atoms with Crippen molar-refractivity contribution in [1.29, 1.82) is 0 Å². The second-order valence-electron chi connectivity index (χ2n) is 3.35.